The van der Waals surface area contributed by atoms with E-state index >= 15 is 0 Å². The maximum absolute atomic E-state index is 11.9. The number of anilines is 1. The molecule has 1 aliphatic carbocycles. The van der Waals surface area contributed by atoms with Crippen LogP contribution in [0.25, 0.3) is 11.3 Å². The van der Waals surface area contributed by atoms with Crippen LogP contribution in [0.2, 0.25) is 0 Å². The van der Waals surface area contributed by atoms with Crippen molar-refractivity contribution in [2.45, 2.75) is 69.9 Å². The monoisotopic (exact) mass is 533 g/mol. The van der Waals surface area contributed by atoms with E-state index in [9.17, 15) is 10.2 Å². The van der Waals surface area contributed by atoms with Gasteiger partial charge in [-0.2, -0.15) is 0 Å². The van der Waals surface area contributed by atoms with E-state index in [1.54, 1.807) is 7.11 Å². The Morgan fingerprint density at radius 1 is 1.18 bits per heavy atom. The number of methoxy groups -OCH3 is 1. The lowest BCUT2D eigenvalue weighted by molar-refractivity contribution is -0.0413. The SMILES string of the molecule is COc1cccc(NCC[C@@H]2CNCCN2C(O)c2ncn([C@@H]3CCCC[C@]3(C)O)c2-c2ccccc2)c1C. The third kappa shape index (κ3) is 5.84. The fraction of sp³-hybridized carbons (Fsp3) is 0.516. The van der Waals surface area contributed by atoms with Gasteiger partial charge in [-0.15, -0.1) is 0 Å². The predicted molar refractivity (Wildman–Crippen MR) is 155 cm³/mol. The highest BCUT2D eigenvalue weighted by Gasteiger charge is 2.39. The molecular formula is C31H43N5O3. The standard InChI is InChI=1S/C31H43N5O3/c1-22-25(12-9-13-26(22)39-3)33-17-15-24-20-32-18-19-35(24)30(37)28-29(23-10-5-4-6-11-23)36(21-34-28)27-14-7-8-16-31(27,2)38/h4-6,9-13,21,24,27,30,32-33,37-38H,7-8,14-20H2,1-3H3/t24-,27-,30?,31+/m1/s1. The van der Waals surface area contributed by atoms with Gasteiger partial charge < -0.3 is 30.2 Å². The van der Waals surface area contributed by atoms with Crippen LogP contribution in [0.3, 0.4) is 0 Å². The lowest BCUT2D eigenvalue weighted by Gasteiger charge is -2.40. The third-order valence-electron chi connectivity index (χ3n) is 8.58. The number of ether oxygens (including phenoxy) is 1. The molecule has 0 amide bonds. The smallest absolute Gasteiger partial charge is 0.153 e. The summed E-state index contributed by atoms with van der Waals surface area (Å²) in [5.41, 5.74) is 3.91. The van der Waals surface area contributed by atoms with Gasteiger partial charge in [-0.3, -0.25) is 4.90 Å². The number of imidazole rings is 1. The van der Waals surface area contributed by atoms with Crippen molar-refractivity contribution in [2.75, 3.05) is 38.6 Å². The molecule has 8 nitrogen and oxygen atoms in total. The molecule has 39 heavy (non-hydrogen) atoms. The summed E-state index contributed by atoms with van der Waals surface area (Å²) in [7, 11) is 1.69. The largest absolute Gasteiger partial charge is 0.496 e. The van der Waals surface area contributed by atoms with E-state index in [4.69, 9.17) is 9.72 Å². The van der Waals surface area contributed by atoms with Crippen LogP contribution in [-0.2, 0) is 0 Å². The average Bonchev–Trinajstić information content (AvgIpc) is 3.39. The van der Waals surface area contributed by atoms with E-state index < -0.39 is 11.8 Å². The zero-order chi connectivity index (χ0) is 27.4. The number of benzene rings is 2. The number of piperazine rings is 1. The summed E-state index contributed by atoms with van der Waals surface area (Å²) in [6.45, 7) is 7.11. The summed E-state index contributed by atoms with van der Waals surface area (Å²) < 4.78 is 7.59. The van der Waals surface area contributed by atoms with Crippen LogP contribution >= 0.6 is 0 Å². The molecule has 1 saturated heterocycles. The van der Waals surface area contributed by atoms with E-state index in [1.807, 2.05) is 43.6 Å². The van der Waals surface area contributed by atoms with Crippen molar-refractivity contribution in [2.24, 2.45) is 0 Å². The van der Waals surface area contributed by atoms with Crippen molar-refractivity contribution in [3.05, 3.63) is 66.1 Å². The molecule has 0 spiro atoms. The van der Waals surface area contributed by atoms with E-state index in [1.165, 1.54) is 0 Å². The second-order valence-electron chi connectivity index (χ2n) is 11.2. The van der Waals surface area contributed by atoms with Gasteiger partial charge in [-0.25, -0.2) is 4.98 Å². The van der Waals surface area contributed by atoms with E-state index in [-0.39, 0.29) is 12.1 Å². The van der Waals surface area contributed by atoms with Crippen molar-refractivity contribution in [1.82, 2.24) is 19.8 Å². The number of hydrogen-bond donors (Lipinski definition) is 4. The molecule has 1 saturated carbocycles. The number of rotatable bonds is 9. The van der Waals surface area contributed by atoms with Crippen molar-refractivity contribution in [3.8, 4) is 17.0 Å². The lowest BCUT2D eigenvalue weighted by Crippen LogP contribution is -2.53. The number of aromatic nitrogens is 2. The Kier molecular flexibility index (Phi) is 8.57. The Morgan fingerprint density at radius 2 is 2.00 bits per heavy atom. The molecule has 3 aromatic rings. The van der Waals surface area contributed by atoms with Crippen molar-refractivity contribution < 1.29 is 14.9 Å². The number of nitrogens with one attached hydrogen (secondary N) is 2. The summed E-state index contributed by atoms with van der Waals surface area (Å²) in [5.74, 6) is 0.873. The molecule has 1 unspecified atom stereocenters. The molecule has 2 fully saturated rings. The fourth-order valence-electron chi connectivity index (χ4n) is 6.35. The number of hydrogen-bond acceptors (Lipinski definition) is 7. The van der Waals surface area contributed by atoms with Crippen molar-refractivity contribution in [3.63, 3.8) is 0 Å². The van der Waals surface area contributed by atoms with Gasteiger partial charge in [0.25, 0.3) is 0 Å². The molecule has 0 radical (unpaired) electrons. The summed E-state index contributed by atoms with van der Waals surface area (Å²) in [6, 6.07) is 16.3. The van der Waals surface area contributed by atoms with Crippen LogP contribution in [0, 0.1) is 6.92 Å². The molecule has 2 heterocycles. The van der Waals surface area contributed by atoms with Crippen LogP contribution in [0.1, 0.15) is 62.6 Å². The Labute approximate surface area is 232 Å². The quantitative estimate of drug-likeness (QED) is 0.322. The van der Waals surface area contributed by atoms with E-state index in [0.29, 0.717) is 5.69 Å². The van der Waals surface area contributed by atoms with Gasteiger partial charge in [0.2, 0.25) is 0 Å². The average molecular weight is 534 g/mol. The predicted octanol–water partition coefficient (Wildman–Crippen LogP) is 4.50. The first-order valence-corrected chi connectivity index (χ1v) is 14.3. The Bertz CT molecular complexity index is 1230. The fourth-order valence-corrected chi connectivity index (χ4v) is 6.35. The Morgan fingerprint density at radius 3 is 2.77 bits per heavy atom. The highest BCUT2D eigenvalue weighted by Crippen LogP contribution is 2.41. The highest BCUT2D eigenvalue weighted by atomic mass is 16.5. The topological polar surface area (TPSA) is 94.8 Å². The molecule has 210 valence electrons. The number of nitrogens with zero attached hydrogens (tertiary/aromatic N) is 3. The van der Waals surface area contributed by atoms with Gasteiger partial charge in [0, 0.05) is 49.0 Å². The first kappa shape index (κ1) is 27.6. The van der Waals surface area contributed by atoms with Crippen molar-refractivity contribution >= 4 is 5.69 Å². The Balaban J connectivity index is 1.39. The van der Waals surface area contributed by atoms with Crippen LogP contribution in [0.15, 0.2) is 54.9 Å². The van der Waals surface area contributed by atoms with Crippen LogP contribution in [0.5, 0.6) is 5.75 Å². The minimum Gasteiger partial charge on any atom is -0.496 e. The number of aliphatic hydroxyl groups excluding tert-OH is 1. The summed E-state index contributed by atoms with van der Waals surface area (Å²) in [4.78, 5) is 6.99. The molecule has 2 aromatic carbocycles. The molecule has 1 aromatic heterocycles. The highest BCUT2D eigenvalue weighted by molar-refractivity contribution is 5.63. The van der Waals surface area contributed by atoms with Gasteiger partial charge >= 0.3 is 0 Å². The zero-order valence-corrected chi connectivity index (χ0v) is 23.4. The maximum atomic E-state index is 11.9. The first-order chi connectivity index (χ1) is 18.9. The van der Waals surface area contributed by atoms with E-state index in [2.05, 4.69) is 45.2 Å². The van der Waals surface area contributed by atoms with E-state index in [0.717, 1.165) is 86.5 Å². The minimum atomic E-state index is -0.847. The van der Waals surface area contributed by atoms with Crippen LogP contribution in [-0.4, -0.2) is 69.6 Å². The molecule has 4 N–H and O–H groups in total. The molecule has 1 aliphatic heterocycles. The van der Waals surface area contributed by atoms with Crippen molar-refractivity contribution in [1.29, 1.82) is 0 Å². The normalized spacial score (nSPS) is 24.8. The first-order valence-electron chi connectivity index (χ1n) is 14.3. The molecule has 8 heteroatoms. The third-order valence-corrected chi connectivity index (χ3v) is 8.58. The van der Waals surface area contributed by atoms with Gasteiger partial charge in [-0.05, 0) is 45.2 Å². The van der Waals surface area contributed by atoms with Gasteiger partial charge in [0.1, 0.15) is 11.4 Å². The molecule has 4 atom stereocenters. The second kappa shape index (κ2) is 12.1. The van der Waals surface area contributed by atoms with Gasteiger partial charge in [-0.1, -0.05) is 49.2 Å². The van der Waals surface area contributed by atoms with Crippen LogP contribution in [0.4, 0.5) is 5.69 Å². The summed E-state index contributed by atoms with van der Waals surface area (Å²) >= 11 is 0. The zero-order valence-electron chi connectivity index (χ0n) is 23.4. The summed E-state index contributed by atoms with van der Waals surface area (Å²) in [5, 5.41) is 30.2. The second-order valence-corrected chi connectivity index (χ2v) is 11.2. The number of aliphatic hydroxyl groups is 2. The summed E-state index contributed by atoms with van der Waals surface area (Å²) in [6.07, 6.45) is 5.60. The molecule has 0 bridgehead atoms. The molecule has 2 aliphatic rings. The Hall–Kier alpha value is -2.91. The van der Waals surface area contributed by atoms with Gasteiger partial charge in [0.15, 0.2) is 6.23 Å². The molecule has 5 rings (SSSR count). The maximum Gasteiger partial charge on any atom is 0.153 e. The van der Waals surface area contributed by atoms with Crippen LogP contribution < -0.4 is 15.4 Å². The molecular weight excluding hydrogens is 490 g/mol. The minimum absolute atomic E-state index is 0.0796. The lowest BCUT2D eigenvalue weighted by atomic mass is 9.81. The van der Waals surface area contributed by atoms with Gasteiger partial charge in [0.05, 0.1) is 30.8 Å².